The minimum absolute atomic E-state index is 0.188. The van der Waals surface area contributed by atoms with Crippen LogP contribution in [0.1, 0.15) is 26.3 Å². The summed E-state index contributed by atoms with van der Waals surface area (Å²) in [6.45, 7) is 9.84. The number of aliphatic imine (C=N–C) groups is 1. The van der Waals surface area contributed by atoms with Crippen LogP contribution in [0.5, 0.6) is 0 Å². The summed E-state index contributed by atoms with van der Waals surface area (Å²) in [5.41, 5.74) is 2.05. The second kappa shape index (κ2) is 9.61. The van der Waals surface area contributed by atoms with Gasteiger partial charge in [-0.25, -0.2) is 4.79 Å². The van der Waals surface area contributed by atoms with Crippen molar-refractivity contribution in [2.45, 2.75) is 39.0 Å². The summed E-state index contributed by atoms with van der Waals surface area (Å²) in [6.07, 6.45) is -0.258. The van der Waals surface area contributed by atoms with E-state index in [1.54, 1.807) is 11.9 Å². The Hall–Kier alpha value is -2.09. The first-order chi connectivity index (χ1) is 13.8. The Morgan fingerprint density at radius 2 is 1.86 bits per heavy atom. The van der Waals surface area contributed by atoms with Gasteiger partial charge >= 0.3 is 6.09 Å². The molecule has 8 heteroatoms. The summed E-state index contributed by atoms with van der Waals surface area (Å²) in [5.74, 6) is 3.16. The van der Waals surface area contributed by atoms with Crippen molar-refractivity contribution >= 4 is 29.5 Å². The second-order valence-electron chi connectivity index (χ2n) is 8.42. The van der Waals surface area contributed by atoms with Crippen LogP contribution < -0.4 is 15.5 Å². The van der Waals surface area contributed by atoms with Crippen molar-refractivity contribution in [3.05, 3.63) is 29.8 Å². The number of benzene rings is 1. The van der Waals surface area contributed by atoms with Gasteiger partial charge in [0.2, 0.25) is 0 Å². The number of guanidine groups is 1. The lowest BCUT2D eigenvalue weighted by Gasteiger charge is -2.40. The first-order valence-corrected chi connectivity index (χ1v) is 11.4. The van der Waals surface area contributed by atoms with E-state index in [0.29, 0.717) is 19.6 Å². The molecule has 0 bridgehead atoms. The number of hydrogen-bond donors (Lipinski definition) is 2. The molecule has 2 aliphatic heterocycles. The quantitative estimate of drug-likeness (QED) is 0.577. The first-order valence-electron chi connectivity index (χ1n) is 10.2. The van der Waals surface area contributed by atoms with Crippen LogP contribution in [0.3, 0.4) is 0 Å². The van der Waals surface area contributed by atoms with E-state index in [0.717, 1.165) is 19.0 Å². The summed E-state index contributed by atoms with van der Waals surface area (Å²) in [5, 5.41) is 6.72. The SMILES string of the molecule is CN=C(NCc1ccc(N2CCSCC2)cc1)NC1CN(C(=O)OC(C)(C)C)C1. The first kappa shape index (κ1) is 21.6. The van der Waals surface area contributed by atoms with E-state index < -0.39 is 5.60 Å². The Morgan fingerprint density at radius 1 is 1.21 bits per heavy atom. The van der Waals surface area contributed by atoms with Crippen LogP contribution in [0.4, 0.5) is 10.5 Å². The highest BCUT2D eigenvalue weighted by molar-refractivity contribution is 7.99. The van der Waals surface area contributed by atoms with Gasteiger partial charge in [-0.3, -0.25) is 4.99 Å². The van der Waals surface area contributed by atoms with Crippen molar-refractivity contribution in [1.29, 1.82) is 0 Å². The van der Waals surface area contributed by atoms with Crippen LogP contribution in [0.25, 0.3) is 0 Å². The number of nitrogens with one attached hydrogen (secondary N) is 2. The molecule has 0 radical (unpaired) electrons. The van der Waals surface area contributed by atoms with E-state index in [1.165, 1.54) is 22.8 Å². The number of carbonyl (C=O) groups is 1. The Labute approximate surface area is 178 Å². The lowest BCUT2D eigenvalue weighted by atomic mass is 10.1. The van der Waals surface area contributed by atoms with E-state index in [9.17, 15) is 4.79 Å². The molecule has 0 atom stereocenters. The maximum Gasteiger partial charge on any atom is 0.410 e. The van der Waals surface area contributed by atoms with E-state index in [-0.39, 0.29) is 12.1 Å². The Bertz CT molecular complexity index is 705. The van der Waals surface area contributed by atoms with E-state index in [2.05, 4.69) is 44.8 Å². The van der Waals surface area contributed by atoms with Crippen molar-refractivity contribution < 1.29 is 9.53 Å². The van der Waals surface area contributed by atoms with Crippen LogP contribution in [-0.2, 0) is 11.3 Å². The molecule has 0 aliphatic carbocycles. The van der Waals surface area contributed by atoms with E-state index in [1.807, 2.05) is 32.5 Å². The lowest BCUT2D eigenvalue weighted by molar-refractivity contribution is 0.00701. The lowest BCUT2D eigenvalue weighted by Crippen LogP contribution is -2.63. The topological polar surface area (TPSA) is 69.2 Å². The third-order valence-electron chi connectivity index (χ3n) is 4.87. The second-order valence-corrected chi connectivity index (χ2v) is 9.64. The van der Waals surface area contributed by atoms with Crippen LogP contribution >= 0.6 is 11.8 Å². The molecule has 160 valence electrons. The molecule has 2 aliphatic rings. The molecule has 0 unspecified atom stereocenters. The fraction of sp³-hybridized carbons (Fsp3) is 0.619. The summed E-state index contributed by atoms with van der Waals surface area (Å²) < 4.78 is 5.39. The predicted molar refractivity (Wildman–Crippen MR) is 121 cm³/mol. The number of rotatable bonds is 4. The molecule has 1 amide bonds. The molecule has 7 nitrogen and oxygen atoms in total. The van der Waals surface area contributed by atoms with Gasteiger partial charge in [0, 0.05) is 57.0 Å². The van der Waals surface area contributed by atoms with Gasteiger partial charge < -0.3 is 25.2 Å². The number of carbonyl (C=O) groups excluding carboxylic acids is 1. The molecule has 29 heavy (non-hydrogen) atoms. The standard InChI is InChI=1S/C21H33N5O2S/c1-21(2,3)28-20(27)26-14-17(15-26)24-19(22-4)23-13-16-5-7-18(8-6-16)25-9-11-29-12-10-25/h5-8,17H,9-15H2,1-4H3,(H2,22,23,24). The molecule has 3 rings (SSSR count). The van der Waals surface area contributed by atoms with Gasteiger partial charge in [-0.05, 0) is 38.5 Å². The minimum atomic E-state index is -0.463. The maximum atomic E-state index is 12.0. The molecular weight excluding hydrogens is 386 g/mol. The number of likely N-dealkylation sites (tertiary alicyclic amines) is 1. The van der Waals surface area contributed by atoms with Crippen molar-refractivity contribution in [1.82, 2.24) is 15.5 Å². The monoisotopic (exact) mass is 419 g/mol. The maximum absolute atomic E-state index is 12.0. The van der Waals surface area contributed by atoms with Crippen LogP contribution in [-0.4, -0.2) is 73.3 Å². The molecule has 1 aromatic carbocycles. The Kier molecular flexibility index (Phi) is 7.16. The van der Waals surface area contributed by atoms with Crippen molar-refractivity contribution in [2.24, 2.45) is 4.99 Å². The highest BCUT2D eigenvalue weighted by Crippen LogP contribution is 2.20. The van der Waals surface area contributed by atoms with E-state index in [4.69, 9.17) is 4.74 Å². The number of nitrogens with zero attached hydrogens (tertiary/aromatic N) is 3. The third-order valence-corrected chi connectivity index (χ3v) is 5.81. The molecule has 2 heterocycles. The predicted octanol–water partition coefficient (Wildman–Crippen LogP) is 2.52. The average molecular weight is 420 g/mol. The highest BCUT2D eigenvalue weighted by atomic mass is 32.2. The molecule has 0 aromatic heterocycles. The van der Waals surface area contributed by atoms with Gasteiger partial charge in [-0.1, -0.05) is 12.1 Å². The highest BCUT2D eigenvalue weighted by Gasteiger charge is 2.34. The number of amides is 1. The van der Waals surface area contributed by atoms with Crippen molar-refractivity contribution in [3.63, 3.8) is 0 Å². The molecule has 1 aromatic rings. The largest absolute Gasteiger partial charge is 0.444 e. The van der Waals surface area contributed by atoms with Gasteiger partial charge in [0.05, 0.1) is 6.04 Å². The number of anilines is 1. The van der Waals surface area contributed by atoms with Gasteiger partial charge in [0.15, 0.2) is 5.96 Å². The number of hydrogen-bond acceptors (Lipinski definition) is 5. The number of thioether (sulfide) groups is 1. The molecular formula is C21H33N5O2S. The van der Waals surface area contributed by atoms with Crippen molar-refractivity contribution in [2.75, 3.05) is 49.6 Å². The third kappa shape index (κ3) is 6.45. The van der Waals surface area contributed by atoms with Crippen LogP contribution in [0.2, 0.25) is 0 Å². The van der Waals surface area contributed by atoms with Gasteiger partial charge in [0.1, 0.15) is 5.60 Å². The smallest absolute Gasteiger partial charge is 0.410 e. The summed E-state index contributed by atoms with van der Waals surface area (Å²) in [7, 11) is 1.76. The zero-order valence-corrected chi connectivity index (χ0v) is 18.7. The van der Waals surface area contributed by atoms with Gasteiger partial charge in [-0.2, -0.15) is 11.8 Å². The normalized spacial score (nSPS) is 18.3. The average Bonchev–Trinajstić information content (AvgIpc) is 2.66. The summed E-state index contributed by atoms with van der Waals surface area (Å²) >= 11 is 2.03. The Balaban J connectivity index is 1.40. The van der Waals surface area contributed by atoms with Crippen LogP contribution in [0, 0.1) is 0 Å². The molecule has 0 saturated carbocycles. The zero-order chi connectivity index (χ0) is 20.9. The van der Waals surface area contributed by atoms with Gasteiger partial charge in [0.25, 0.3) is 0 Å². The molecule has 0 spiro atoms. The summed E-state index contributed by atoms with van der Waals surface area (Å²) in [6, 6.07) is 8.94. The van der Waals surface area contributed by atoms with Crippen molar-refractivity contribution in [3.8, 4) is 0 Å². The molecule has 2 fully saturated rings. The van der Waals surface area contributed by atoms with Crippen LogP contribution in [0.15, 0.2) is 29.3 Å². The molecule has 2 N–H and O–H groups in total. The number of ether oxygens (including phenoxy) is 1. The zero-order valence-electron chi connectivity index (χ0n) is 17.9. The Morgan fingerprint density at radius 3 is 2.45 bits per heavy atom. The molecule has 2 saturated heterocycles. The summed E-state index contributed by atoms with van der Waals surface area (Å²) in [4.78, 5) is 20.5. The fourth-order valence-corrected chi connectivity index (χ4v) is 4.17. The van der Waals surface area contributed by atoms with E-state index >= 15 is 0 Å². The fourth-order valence-electron chi connectivity index (χ4n) is 3.27. The van der Waals surface area contributed by atoms with Gasteiger partial charge in [-0.15, -0.1) is 0 Å². The minimum Gasteiger partial charge on any atom is -0.444 e.